The van der Waals surface area contributed by atoms with E-state index in [0.717, 1.165) is 42.5 Å². The SMILES string of the molecule is CCc1cccc(CC)c1NC(=O)COC(=O)C1(c2ccccc2F)CCCC1. The summed E-state index contributed by atoms with van der Waals surface area (Å²) in [6, 6.07) is 12.3. The van der Waals surface area contributed by atoms with Crippen molar-refractivity contribution in [3.63, 3.8) is 0 Å². The molecule has 0 saturated heterocycles. The van der Waals surface area contributed by atoms with Crippen LogP contribution in [-0.2, 0) is 32.6 Å². The summed E-state index contributed by atoms with van der Waals surface area (Å²) in [4.78, 5) is 25.5. The van der Waals surface area contributed by atoms with Crippen molar-refractivity contribution in [2.45, 2.75) is 57.8 Å². The monoisotopic (exact) mass is 397 g/mol. The Morgan fingerprint density at radius 1 is 1.00 bits per heavy atom. The van der Waals surface area contributed by atoms with Crippen LogP contribution in [0.1, 0.15) is 56.2 Å². The van der Waals surface area contributed by atoms with Crippen molar-refractivity contribution in [3.8, 4) is 0 Å². The Labute approximate surface area is 171 Å². The smallest absolute Gasteiger partial charge is 0.317 e. The number of ether oxygens (including phenoxy) is 1. The number of carbonyl (C=O) groups is 2. The van der Waals surface area contributed by atoms with E-state index in [1.54, 1.807) is 18.2 Å². The highest BCUT2D eigenvalue weighted by Crippen LogP contribution is 2.43. The fourth-order valence-corrected chi connectivity index (χ4v) is 4.26. The molecule has 0 radical (unpaired) electrons. The number of aryl methyl sites for hydroxylation is 2. The normalized spacial score (nSPS) is 15.1. The van der Waals surface area contributed by atoms with Gasteiger partial charge in [0.05, 0.1) is 5.41 Å². The number of nitrogens with one attached hydrogen (secondary N) is 1. The Morgan fingerprint density at radius 3 is 2.21 bits per heavy atom. The highest BCUT2D eigenvalue weighted by molar-refractivity contribution is 5.95. The zero-order valence-corrected chi connectivity index (χ0v) is 17.1. The molecule has 0 spiro atoms. The number of hydrogen-bond acceptors (Lipinski definition) is 3. The van der Waals surface area contributed by atoms with Gasteiger partial charge < -0.3 is 10.1 Å². The number of hydrogen-bond donors (Lipinski definition) is 1. The third-order valence-corrected chi connectivity index (χ3v) is 5.83. The van der Waals surface area contributed by atoms with Gasteiger partial charge in [-0.15, -0.1) is 0 Å². The van der Waals surface area contributed by atoms with Crippen LogP contribution in [0.15, 0.2) is 42.5 Å². The molecule has 0 unspecified atom stereocenters. The van der Waals surface area contributed by atoms with Gasteiger partial charge in [0.25, 0.3) is 5.91 Å². The first-order valence-corrected chi connectivity index (χ1v) is 10.3. The van der Waals surface area contributed by atoms with Crippen LogP contribution >= 0.6 is 0 Å². The van der Waals surface area contributed by atoms with E-state index in [0.29, 0.717) is 18.4 Å². The molecule has 0 bridgehead atoms. The first-order valence-electron chi connectivity index (χ1n) is 10.3. The first kappa shape index (κ1) is 21.0. The van der Waals surface area contributed by atoms with Crippen LogP contribution in [0.3, 0.4) is 0 Å². The number of rotatable bonds is 7. The number of anilines is 1. The zero-order chi connectivity index (χ0) is 20.9. The molecule has 1 saturated carbocycles. The number of amides is 1. The summed E-state index contributed by atoms with van der Waals surface area (Å²) >= 11 is 0. The van der Waals surface area contributed by atoms with Crippen molar-refractivity contribution in [3.05, 3.63) is 65.0 Å². The second kappa shape index (κ2) is 9.21. The summed E-state index contributed by atoms with van der Waals surface area (Å²) in [5, 5.41) is 2.90. The Balaban J connectivity index is 1.72. The van der Waals surface area contributed by atoms with Gasteiger partial charge in [-0.1, -0.05) is 63.1 Å². The Bertz CT molecular complexity index is 865. The summed E-state index contributed by atoms with van der Waals surface area (Å²) < 4.78 is 19.8. The van der Waals surface area contributed by atoms with Crippen molar-refractivity contribution >= 4 is 17.6 Å². The maximum atomic E-state index is 14.4. The first-order chi connectivity index (χ1) is 14.0. The van der Waals surface area contributed by atoms with Crippen LogP contribution in [0.2, 0.25) is 0 Å². The molecule has 1 fully saturated rings. The molecule has 29 heavy (non-hydrogen) atoms. The minimum absolute atomic E-state index is 0.368. The van der Waals surface area contributed by atoms with Crippen LogP contribution in [0.5, 0.6) is 0 Å². The third-order valence-electron chi connectivity index (χ3n) is 5.83. The predicted octanol–water partition coefficient (Wildman–Crippen LogP) is 4.94. The van der Waals surface area contributed by atoms with Crippen molar-refractivity contribution in [2.75, 3.05) is 11.9 Å². The molecule has 4 nitrogen and oxygen atoms in total. The van der Waals surface area contributed by atoms with Crippen LogP contribution in [0.25, 0.3) is 0 Å². The van der Waals surface area contributed by atoms with E-state index < -0.39 is 17.2 Å². The van der Waals surface area contributed by atoms with Gasteiger partial charge >= 0.3 is 5.97 Å². The van der Waals surface area contributed by atoms with E-state index in [-0.39, 0.29) is 12.5 Å². The molecule has 0 heterocycles. The molecule has 0 atom stereocenters. The standard InChI is InChI=1S/C24H28FNO3/c1-3-17-10-9-11-18(4-2)22(17)26-21(27)16-29-23(28)24(14-7-8-15-24)19-12-5-6-13-20(19)25/h5-6,9-13H,3-4,7-8,14-16H2,1-2H3,(H,26,27). The molecule has 0 aliphatic heterocycles. The molecular weight excluding hydrogens is 369 g/mol. The summed E-state index contributed by atoms with van der Waals surface area (Å²) in [5.41, 5.74) is 2.25. The Hall–Kier alpha value is -2.69. The van der Waals surface area contributed by atoms with Crippen LogP contribution < -0.4 is 5.32 Å². The molecule has 1 aliphatic rings. The fraction of sp³-hybridized carbons (Fsp3) is 0.417. The lowest BCUT2D eigenvalue weighted by Gasteiger charge is -2.27. The van der Waals surface area contributed by atoms with Gasteiger partial charge in [-0.2, -0.15) is 0 Å². The van der Waals surface area contributed by atoms with Gasteiger partial charge in [-0.25, -0.2) is 4.39 Å². The van der Waals surface area contributed by atoms with E-state index in [1.807, 2.05) is 32.0 Å². The average molecular weight is 397 g/mol. The lowest BCUT2D eigenvalue weighted by molar-refractivity contribution is -0.153. The number of para-hydroxylation sites is 1. The highest BCUT2D eigenvalue weighted by Gasteiger charge is 2.45. The minimum Gasteiger partial charge on any atom is -0.455 e. The molecule has 3 rings (SSSR count). The van der Waals surface area contributed by atoms with Crippen molar-refractivity contribution in [1.29, 1.82) is 0 Å². The van der Waals surface area contributed by atoms with Gasteiger partial charge in [0.15, 0.2) is 6.61 Å². The Morgan fingerprint density at radius 2 is 1.62 bits per heavy atom. The van der Waals surface area contributed by atoms with Crippen LogP contribution in [-0.4, -0.2) is 18.5 Å². The number of halogens is 1. The third kappa shape index (κ3) is 4.34. The van der Waals surface area contributed by atoms with Gasteiger partial charge in [0.1, 0.15) is 5.82 Å². The maximum Gasteiger partial charge on any atom is 0.317 e. The van der Waals surface area contributed by atoms with E-state index >= 15 is 0 Å². The Kier molecular flexibility index (Phi) is 6.68. The summed E-state index contributed by atoms with van der Waals surface area (Å²) in [5.74, 6) is -1.30. The number of benzene rings is 2. The van der Waals surface area contributed by atoms with Gasteiger partial charge in [0.2, 0.25) is 0 Å². The maximum absolute atomic E-state index is 14.4. The van der Waals surface area contributed by atoms with E-state index in [9.17, 15) is 14.0 Å². The lowest BCUT2D eigenvalue weighted by Crippen LogP contribution is -2.37. The second-order valence-corrected chi connectivity index (χ2v) is 7.55. The summed E-state index contributed by atoms with van der Waals surface area (Å²) in [6.45, 7) is 3.68. The predicted molar refractivity (Wildman–Crippen MR) is 111 cm³/mol. The summed E-state index contributed by atoms with van der Waals surface area (Å²) in [7, 11) is 0. The second-order valence-electron chi connectivity index (χ2n) is 7.55. The molecule has 5 heteroatoms. The quantitative estimate of drug-likeness (QED) is 0.673. The van der Waals surface area contributed by atoms with Gasteiger partial charge in [-0.05, 0) is 42.9 Å². The van der Waals surface area contributed by atoms with Crippen molar-refractivity contribution < 1.29 is 18.7 Å². The minimum atomic E-state index is -0.998. The van der Waals surface area contributed by atoms with E-state index in [2.05, 4.69) is 5.32 Å². The van der Waals surface area contributed by atoms with E-state index in [4.69, 9.17) is 4.74 Å². The average Bonchev–Trinajstić information content (AvgIpc) is 3.23. The fourth-order valence-electron chi connectivity index (χ4n) is 4.26. The summed E-state index contributed by atoms with van der Waals surface area (Å²) in [6.07, 6.45) is 4.32. The largest absolute Gasteiger partial charge is 0.455 e. The van der Waals surface area contributed by atoms with Crippen molar-refractivity contribution in [2.24, 2.45) is 0 Å². The molecule has 1 amide bonds. The molecule has 154 valence electrons. The molecule has 0 aromatic heterocycles. The van der Waals surface area contributed by atoms with E-state index in [1.165, 1.54) is 6.07 Å². The van der Waals surface area contributed by atoms with Gasteiger partial charge in [-0.3, -0.25) is 9.59 Å². The molecule has 1 N–H and O–H groups in total. The van der Waals surface area contributed by atoms with Crippen LogP contribution in [0, 0.1) is 5.82 Å². The number of esters is 1. The lowest BCUT2D eigenvalue weighted by atomic mass is 9.78. The molecular formula is C24H28FNO3. The molecule has 1 aliphatic carbocycles. The topological polar surface area (TPSA) is 55.4 Å². The number of carbonyl (C=O) groups excluding carboxylic acids is 2. The molecule has 2 aromatic rings. The highest BCUT2D eigenvalue weighted by atomic mass is 19.1. The zero-order valence-electron chi connectivity index (χ0n) is 17.1. The van der Waals surface area contributed by atoms with Gasteiger partial charge in [0, 0.05) is 11.3 Å². The van der Waals surface area contributed by atoms with Crippen LogP contribution in [0.4, 0.5) is 10.1 Å². The van der Waals surface area contributed by atoms with Crippen molar-refractivity contribution in [1.82, 2.24) is 0 Å². The molecule has 2 aromatic carbocycles.